The number of methoxy groups -OCH3 is 1. The number of nitrogens with zero attached hydrogens (tertiary/aromatic N) is 1. The molecule has 0 unspecified atom stereocenters. The van der Waals surface area contributed by atoms with E-state index in [4.69, 9.17) is 16.3 Å². The molecule has 0 aromatic heterocycles. The Balaban J connectivity index is 1.97. The van der Waals surface area contributed by atoms with E-state index in [1.165, 1.54) is 12.7 Å². The Bertz CT molecular complexity index is 862. The Hall–Kier alpha value is -2.33. The van der Waals surface area contributed by atoms with Gasteiger partial charge in [-0.3, -0.25) is 4.79 Å². The zero-order valence-electron chi connectivity index (χ0n) is 15.2. The van der Waals surface area contributed by atoms with E-state index in [2.05, 4.69) is 0 Å². The minimum absolute atomic E-state index is 0.0660. The molecular formula is C21H22ClNO3. The molecule has 0 heterocycles. The maximum absolute atomic E-state index is 13.2. The number of hydrogen-bond donors (Lipinski definition) is 0. The van der Waals surface area contributed by atoms with Crippen LogP contribution in [0.2, 0.25) is 5.02 Å². The standard InChI is InChI=1S/C21H22ClNO3/c1-4-23(20(24)17-11-13(2)5-9-18(17)22)19-10-8-14-6-7-15(12-16(14)19)21(25)26-3/h5-7,9,11-12,19H,4,8,10H2,1-3H3/t19-/m1/s1. The Morgan fingerprint density at radius 3 is 2.69 bits per heavy atom. The van der Waals surface area contributed by atoms with E-state index in [1.54, 1.807) is 12.1 Å². The van der Waals surface area contributed by atoms with Crippen molar-refractivity contribution < 1.29 is 14.3 Å². The lowest BCUT2D eigenvalue weighted by atomic mass is 10.0. The van der Waals surface area contributed by atoms with Crippen LogP contribution >= 0.6 is 11.6 Å². The van der Waals surface area contributed by atoms with Crippen molar-refractivity contribution in [1.82, 2.24) is 4.90 Å². The van der Waals surface area contributed by atoms with E-state index in [-0.39, 0.29) is 17.9 Å². The van der Waals surface area contributed by atoms with Crippen molar-refractivity contribution >= 4 is 23.5 Å². The first-order valence-electron chi connectivity index (χ1n) is 8.74. The van der Waals surface area contributed by atoms with Gasteiger partial charge in [-0.25, -0.2) is 4.79 Å². The smallest absolute Gasteiger partial charge is 0.337 e. The first-order valence-corrected chi connectivity index (χ1v) is 9.12. The molecule has 1 amide bonds. The number of esters is 1. The summed E-state index contributed by atoms with van der Waals surface area (Å²) in [5, 5.41) is 0.459. The lowest BCUT2D eigenvalue weighted by molar-refractivity contribution is 0.0600. The molecule has 0 aliphatic heterocycles. The van der Waals surface area contributed by atoms with Gasteiger partial charge in [0.05, 0.1) is 29.3 Å². The minimum atomic E-state index is -0.366. The highest BCUT2D eigenvalue weighted by molar-refractivity contribution is 6.33. The fourth-order valence-electron chi connectivity index (χ4n) is 3.61. The largest absolute Gasteiger partial charge is 0.465 e. The number of amides is 1. The second kappa shape index (κ2) is 7.50. The summed E-state index contributed by atoms with van der Waals surface area (Å²) < 4.78 is 4.83. The summed E-state index contributed by atoms with van der Waals surface area (Å²) in [4.78, 5) is 26.9. The summed E-state index contributed by atoms with van der Waals surface area (Å²) in [6.07, 6.45) is 1.72. The van der Waals surface area contributed by atoms with Crippen LogP contribution in [0.4, 0.5) is 0 Å². The molecule has 1 aliphatic rings. The average molecular weight is 372 g/mol. The van der Waals surface area contributed by atoms with Crippen molar-refractivity contribution in [2.75, 3.05) is 13.7 Å². The molecule has 4 nitrogen and oxygen atoms in total. The van der Waals surface area contributed by atoms with Crippen LogP contribution in [-0.4, -0.2) is 30.4 Å². The van der Waals surface area contributed by atoms with Gasteiger partial charge in [-0.15, -0.1) is 0 Å². The topological polar surface area (TPSA) is 46.6 Å². The minimum Gasteiger partial charge on any atom is -0.465 e. The second-order valence-electron chi connectivity index (χ2n) is 6.53. The molecule has 2 aromatic carbocycles. The van der Waals surface area contributed by atoms with Crippen LogP contribution in [0.5, 0.6) is 0 Å². The maximum atomic E-state index is 13.2. The van der Waals surface area contributed by atoms with Crippen LogP contribution < -0.4 is 0 Å². The first-order chi connectivity index (χ1) is 12.5. The molecule has 136 valence electrons. The molecule has 5 heteroatoms. The van der Waals surface area contributed by atoms with Gasteiger partial charge in [-0.05, 0) is 62.1 Å². The van der Waals surface area contributed by atoms with Gasteiger partial charge in [0.1, 0.15) is 0 Å². The Morgan fingerprint density at radius 1 is 1.23 bits per heavy atom. The predicted octanol–water partition coefficient (Wildman–Crippen LogP) is 4.58. The molecule has 0 bridgehead atoms. The lowest BCUT2D eigenvalue weighted by Gasteiger charge is -2.29. The summed E-state index contributed by atoms with van der Waals surface area (Å²) in [6, 6.07) is 11.0. The number of carbonyl (C=O) groups excluding carboxylic acids is 2. The van der Waals surface area contributed by atoms with E-state index in [0.29, 0.717) is 22.7 Å². The normalized spacial score (nSPS) is 15.5. The van der Waals surface area contributed by atoms with Gasteiger partial charge < -0.3 is 9.64 Å². The van der Waals surface area contributed by atoms with E-state index >= 15 is 0 Å². The maximum Gasteiger partial charge on any atom is 0.337 e. The van der Waals surface area contributed by atoms with Crippen LogP contribution in [-0.2, 0) is 11.2 Å². The Kier molecular flexibility index (Phi) is 5.33. The molecule has 1 atom stereocenters. The van der Waals surface area contributed by atoms with Gasteiger partial charge in [0.25, 0.3) is 5.91 Å². The van der Waals surface area contributed by atoms with Gasteiger partial charge in [0.15, 0.2) is 0 Å². The lowest BCUT2D eigenvalue weighted by Crippen LogP contribution is -2.34. The summed E-state index contributed by atoms with van der Waals surface area (Å²) in [6.45, 7) is 4.47. The monoisotopic (exact) mass is 371 g/mol. The Labute approximate surface area is 158 Å². The number of halogens is 1. The van der Waals surface area contributed by atoms with Gasteiger partial charge in [0, 0.05) is 6.54 Å². The molecule has 3 rings (SSSR count). The summed E-state index contributed by atoms with van der Waals surface area (Å²) in [7, 11) is 1.37. The third-order valence-electron chi connectivity index (χ3n) is 4.94. The second-order valence-corrected chi connectivity index (χ2v) is 6.94. The van der Waals surface area contributed by atoms with Crippen LogP contribution in [0.1, 0.15) is 56.8 Å². The van der Waals surface area contributed by atoms with Crippen molar-refractivity contribution in [3.8, 4) is 0 Å². The van der Waals surface area contributed by atoms with Crippen molar-refractivity contribution in [2.45, 2.75) is 32.7 Å². The van der Waals surface area contributed by atoms with Gasteiger partial charge in [0.2, 0.25) is 0 Å². The van der Waals surface area contributed by atoms with E-state index in [9.17, 15) is 9.59 Å². The van der Waals surface area contributed by atoms with Crippen LogP contribution in [0.15, 0.2) is 36.4 Å². The molecule has 0 fully saturated rings. The van der Waals surface area contributed by atoms with Crippen molar-refractivity contribution in [3.63, 3.8) is 0 Å². The predicted molar refractivity (Wildman–Crippen MR) is 102 cm³/mol. The molecule has 0 saturated carbocycles. The van der Waals surface area contributed by atoms with Crippen LogP contribution in [0, 0.1) is 6.92 Å². The van der Waals surface area contributed by atoms with E-state index in [0.717, 1.165) is 24.0 Å². The van der Waals surface area contributed by atoms with Crippen LogP contribution in [0.25, 0.3) is 0 Å². The third-order valence-corrected chi connectivity index (χ3v) is 5.27. The molecule has 1 aliphatic carbocycles. The molecule has 26 heavy (non-hydrogen) atoms. The fourth-order valence-corrected chi connectivity index (χ4v) is 3.81. The Morgan fingerprint density at radius 2 is 2.00 bits per heavy atom. The number of rotatable bonds is 4. The summed E-state index contributed by atoms with van der Waals surface area (Å²) in [5.41, 5.74) is 4.21. The van der Waals surface area contributed by atoms with Gasteiger partial charge >= 0.3 is 5.97 Å². The highest BCUT2D eigenvalue weighted by Crippen LogP contribution is 2.37. The average Bonchev–Trinajstić information content (AvgIpc) is 3.06. The SMILES string of the molecule is CCN(C(=O)c1cc(C)ccc1Cl)[C@@H]1CCc2ccc(C(=O)OC)cc21. The van der Waals surface area contributed by atoms with Crippen molar-refractivity contribution in [1.29, 1.82) is 0 Å². The molecule has 0 radical (unpaired) electrons. The summed E-state index contributed by atoms with van der Waals surface area (Å²) >= 11 is 6.28. The number of carbonyl (C=O) groups is 2. The summed E-state index contributed by atoms with van der Waals surface area (Å²) in [5.74, 6) is -0.447. The van der Waals surface area contributed by atoms with Crippen molar-refractivity contribution in [2.24, 2.45) is 0 Å². The highest BCUT2D eigenvalue weighted by atomic mass is 35.5. The fraction of sp³-hybridized carbons (Fsp3) is 0.333. The molecule has 0 spiro atoms. The van der Waals surface area contributed by atoms with Crippen LogP contribution in [0.3, 0.4) is 0 Å². The first kappa shape index (κ1) is 18.5. The van der Waals surface area contributed by atoms with Crippen molar-refractivity contribution in [3.05, 3.63) is 69.2 Å². The van der Waals surface area contributed by atoms with E-state index < -0.39 is 0 Å². The number of ether oxygens (including phenoxy) is 1. The molecular weight excluding hydrogens is 350 g/mol. The third kappa shape index (κ3) is 3.34. The molecule has 0 N–H and O–H groups in total. The molecule has 2 aromatic rings. The van der Waals surface area contributed by atoms with Gasteiger partial charge in [-0.1, -0.05) is 29.3 Å². The zero-order valence-corrected chi connectivity index (χ0v) is 16.0. The quantitative estimate of drug-likeness (QED) is 0.739. The zero-order chi connectivity index (χ0) is 18.8. The highest BCUT2D eigenvalue weighted by Gasteiger charge is 2.32. The number of hydrogen-bond acceptors (Lipinski definition) is 3. The number of fused-ring (bicyclic) bond motifs is 1. The molecule has 0 saturated heterocycles. The number of aryl methyl sites for hydroxylation is 2. The van der Waals surface area contributed by atoms with Gasteiger partial charge in [-0.2, -0.15) is 0 Å². The van der Waals surface area contributed by atoms with E-state index in [1.807, 2.05) is 43.0 Å². The number of benzene rings is 2.